The van der Waals surface area contributed by atoms with Gasteiger partial charge in [0.1, 0.15) is 5.69 Å². The Morgan fingerprint density at radius 2 is 2.10 bits per heavy atom. The monoisotopic (exact) mass is 292 g/mol. The van der Waals surface area contributed by atoms with Gasteiger partial charge < -0.3 is 14.4 Å². The topological polar surface area (TPSA) is 81.9 Å². The van der Waals surface area contributed by atoms with Gasteiger partial charge in [-0.25, -0.2) is 0 Å². The second kappa shape index (κ2) is 5.09. The number of rotatable bonds is 3. The lowest BCUT2D eigenvalue weighted by molar-refractivity contribution is -0.384. The Kier molecular flexibility index (Phi) is 3.38. The minimum absolute atomic E-state index is 0.0576. The number of Topliss-reactive ketones (excluding diaryl/α,β-unsaturated/α-hetero) is 1. The van der Waals surface area contributed by atoms with Crippen molar-refractivity contribution < 1.29 is 19.2 Å². The summed E-state index contributed by atoms with van der Waals surface area (Å²) in [6.07, 6.45) is 0.679. The highest BCUT2D eigenvalue weighted by atomic mass is 16.7. The number of benzene rings is 1. The van der Waals surface area contributed by atoms with E-state index in [-0.39, 0.29) is 11.5 Å². The predicted molar refractivity (Wildman–Crippen MR) is 74.6 cm³/mol. The molecule has 0 unspecified atom stereocenters. The van der Waals surface area contributed by atoms with Gasteiger partial charge in [-0.1, -0.05) is 0 Å². The molecular weight excluding hydrogens is 276 g/mol. The molecule has 112 valence electrons. The molecule has 0 atom stereocenters. The van der Waals surface area contributed by atoms with Gasteiger partial charge in [0.2, 0.25) is 0 Å². The Morgan fingerprint density at radius 3 is 2.71 bits per heavy atom. The molecule has 2 fully saturated rings. The third-order valence-corrected chi connectivity index (χ3v) is 3.93. The lowest BCUT2D eigenvalue weighted by Gasteiger charge is -2.23. The quantitative estimate of drug-likeness (QED) is 0.479. The minimum atomic E-state index is -0.632. The van der Waals surface area contributed by atoms with Gasteiger partial charge in [-0.3, -0.25) is 14.9 Å². The van der Waals surface area contributed by atoms with E-state index in [1.54, 1.807) is 12.1 Å². The van der Waals surface area contributed by atoms with Crippen molar-refractivity contribution >= 4 is 17.2 Å². The number of carbonyl (C=O) groups excluding carboxylic acids is 1. The summed E-state index contributed by atoms with van der Waals surface area (Å²) in [5.74, 6) is -0.822. The van der Waals surface area contributed by atoms with E-state index in [1.165, 1.54) is 13.0 Å². The molecule has 3 rings (SSSR count). The first-order chi connectivity index (χ1) is 10.0. The van der Waals surface area contributed by atoms with Gasteiger partial charge in [-0.2, -0.15) is 0 Å². The van der Waals surface area contributed by atoms with Crippen LogP contribution in [-0.4, -0.2) is 42.8 Å². The van der Waals surface area contributed by atoms with Crippen molar-refractivity contribution in [2.45, 2.75) is 19.1 Å². The first-order valence-corrected chi connectivity index (χ1v) is 6.83. The molecule has 21 heavy (non-hydrogen) atoms. The molecular formula is C14H16N2O5. The number of ketones is 1. The van der Waals surface area contributed by atoms with Crippen LogP contribution in [0.2, 0.25) is 0 Å². The summed E-state index contributed by atoms with van der Waals surface area (Å²) < 4.78 is 11.3. The maximum absolute atomic E-state index is 11.4. The zero-order valence-electron chi connectivity index (χ0n) is 11.7. The summed E-state index contributed by atoms with van der Waals surface area (Å²) in [7, 11) is 0. The van der Waals surface area contributed by atoms with Crippen molar-refractivity contribution in [1.29, 1.82) is 0 Å². The number of anilines is 1. The van der Waals surface area contributed by atoms with Crippen LogP contribution in [0.3, 0.4) is 0 Å². The van der Waals surface area contributed by atoms with E-state index >= 15 is 0 Å². The molecule has 1 aromatic rings. The van der Waals surface area contributed by atoms with E-state index in [0.29, 0.717) is 44.0 Å². The number of hydrogen-bond donors (Lipinski definition) is 0. The van der Waals surface area contributed by atoms with E-state index in [1.807, 2.05) is 4.90 Å². The standard InChI is InChI=1S/C14H16N2O5/c1-10(17)11-2-3-12(13(8-11)16(18)19)15-5-4-14(9-15)20-6-7-21-14/h2-3,8H,4-7,9H2,1H3. The number of nitrogens with zero attached hydrogens (tertiary/aromatic N) is 2. The number of ether oxygens (including phenoxy) is 2. The maximum atomic E-state index is 11.4. The number of carbonyl (C=O) groups is 1. The van der Waals surface area contributed by atoms with Crippen molar-refractivity contribution in [1.82, 2.24) is 0 Å². The Labute approximate surface area is 121 Å². The molecule has 2 aliphatic rings. The molecule has 0 amide bonds. The Balaban J connectivity index is 1.91. The van der Waals surface area contributed by atoms with Crippen molar-refractivity contribution in [3.63, 3.8) is 0 Å². The molecule has 7 nitrogen and oxygen atoms in total. The molecule has 0 aromatic heterocycles. The first-order valence-electron chi connectivity index (χ1n) is 6.83. The highest BCUT2D eigenvalue weighted by Crippen LogP contribution is 2.37. The fourth-order valence-corrected chi connectivity index (χ4v) is 2.85. The van der Waals surface area contributed by atoms with Crippen LogP contribution < -0.4 is 4.90 Å². The molecule has 0 N–H and O–H groups in total. The van der Waals surface area contributed by atoms with Gasteiger partial charge in [0.05, 0.1) is 24.7 Å². The summed E-state index contributed by atoms with van der Waals surface area (Å²) in [5, 5.41) is 11.3. The van der Waals surface area contributed by atoms with Crippen molar-refractivity contribution in [2.24, 2.45) is 0 Å². The van der Waals surface area contributed by atoms with Crippen LogP contribution in [0.15, 0.2) is 18.2 Å². The normalized spacial score (nSPS) is 20.1. The second-order valence-corrected chi connectivity index (χ2v) is 5.30. The molecule has 1 spiro atoms. The highest BCUT2D eigenvalue weighted by Gasteiger charge is 2.44. The number of hydrogen-bond acceptors (Lipinski definition) is 6. The molecule has 2 saturated heterocycles. The number of nitro groups is 1. The fourth-order valence-electron chi connectivity index (χ4n) is 2.85. The van der Waals surface area contributed by atoms with Gasteiger partial charge in [0.15, 0.2) is 11.6 Å². The van der Waals surface area contributed by atoms with Gasteiger partial charge in [-0.15, -0.1) is 0 Å². The van der Waals surface area contributed by atoms with Gasteiger partial charge in [0.25, 0.3) is 5.69 Å². The molecule has 0 saturated carbocycles. The third kappa shape index (κ3) is 2.50. The van der Waals surface area contributed by atoms with Crippen molar-refractivity contribution in [3.05, 3.63) is 33.9 Å². The number of nitro benzene ring substituents is 1. The SMILES string of the molecule is CC(=O)c1ccc(N2CCC3(C2)OCCO3)c([N+](=O)[O-])c1. The van der Waals surface area contributed by atoms with E-state index < -0.39 is 10.7 Å². The zero-order chi connectivity index (χ0) is 15.0. The van der Waals surface area contributed by atoms with Crippen LogP contribution in [0, 0.1) is 10.1 Å². The Bertz CT molecular complexity index is 595. The third-order valence-electron chi connectivity index (χ3n) is 3.93. The first kappa shape index (κ1) is 14.0. The largest absolute Gasteiger partial charge is 0.360 e. The predicted octanol–water partition coefficient (Wildman–Crippen LogP) is 1.75. The second-order valence-electron chi connectivity index (χ2n) is 5.30. The van der Waals surface area contributed by atoms with Crippen molar-refractivity contribution in [2.75, 3.05) is 31.2 Å². The van der Waals surface area contributed by atoms with Crippen LogP contribution in [0.25, 0.3) is 0 Å². The van der Waals surface area contributed by atoms with Crippen LogP contribution in [-0.2, 0) is 9.47 Å². The highest BCUT2D eigenvalue weighted by molar-refractivity contribution is 5.95. The Hall–Kier alpha value is -1.99. The molecule has 7 heteroatoms. The fraction of sp³-hybridized carbons (Fsp3) is 0.500. The smallest absolute Gasteiger partial charge is 0.293 e. The van der Waals surface area contributed by atoms with Crippen LogP contribution in [0.5, 0.6) is 0 Å². The van der Waals surface area contributed by atoms with Crippen molar-refractivity contribution in [3.8, 4) is 0 Å². The summed E-state index contributed by atoms with van der Waals surface area (Å²) in [6, 6.07) is 4.58. The minimum Gasteiger partial charge on any atom is -0.360 e. The van der Waals surface area contributed by atoms with Crippen LogP contribution in [0.1, 0.15) is 23.7 Å². The van der Waals surface area contributed by atoms with Gasteiger partial charge in [0, 0.05) is 24.6 Å². The molecule has 0 aliphatic carbocycles. The Morgan fingerprint density at radius 1 is 1.38 bits per heavy atom. The molecule has 0 bridgehead atoms. The zero-order valence-corrected chi connectivity index (χ0v) is 11.7. The van der Waals surface area contributed by atoms with Crippen LogP contribution in [0.4, 0.5) is 11.4 Å². The van der Waals surface area contributed by atoms with E-state index in [0.717, 1.165) is 0 Å². The average Bonchev–Trinajstić information content (AvgIpc) is 3.09. The average molecular weight is 292 g/mol. The molecule has 2 aliphatic heterocycles. The van der Waals surface area contributed by atoms with Gasteiger partial charge in [-0.05, 0) is 19.1 Å². The summed E-state index contributed by atoms with van der Waals surface area (Å²) in [5.41, 5.74) is 0.784. The maximum Gasteiger partial charge on any atom is 0.293 e. The summed E-state index contributed by atoms with van der Waals surface area (Å²) >= 11 is 0. The summed E-state index contributed by atoms with van der Waals surface area (Å²) in [4.78, 5) is 24.1. The lowest BCUT2D eigenvalue weighted by Crippen LogP contribution is -2.34. The molecule has 0 radical (unpaired) electrons. The van der Waals surface area contributed by atoms with Crippen LogP contribution >= 0.6 is 0 Å². The van der Waals surface area contributed by atoms with Gasteiger partial charge >= 0.3 is 0 Å². The molecule has 1 aromatic carbocycles. The van der Waals surface area contributed by atoms with E-state index in [9.17, 15) is 14.9 Å². The molecule has 2 heterocycles. The van der Waals surface area contributed by atoms with E-state index in [2.05, 4.69) is 0 Å². The summed E-state index contributed by atoms with van der Waals surface area (Å²) in [6.45, 7) is 3.59. The van der Waals surface area contributed by atoms with E-state index in [4.69, 9.17) is 9.47 Å². The lowest BCUT2D eigenvalue weighted by atomic mass is 10.1.